The Morgan fingerprint density at radius 2 is 2.27 bits per heavy atom. The average molecular weight is 211 g/mol. The first kappa shape index (κ1) is 10.9. The van der Waals surface area contributed by atoms with E-state index >= 15 is 0 Å². The Morgan fingerprint density at radius 3 is 2.87 bits per heavy atom. The third-order valence-corrected chi connectivity index (χ3v) is 3.25. The topological polar surface area (TPSA) is 44.4 Å². The van der Waals surface area contributed by atoms with E-state index in [4.69, 9.17) is 0 Å². The Balaban J connectivity index is 1.82. The minimum atomic E-state index is 0.0233. The predicted molar refractivity (Wildman–Crippen MR) is 59.7 cm³/mol. The van der Waals surface area contributed by atoms with Crippen molar-refractivity contribution >= 4 is 5.91 Å². The molecule has 0 bridgehead atoms. The molecule has 0 radical (unpaired) electrons. The maximum absolute atomic E-state index is 11.8. The Morgan fingerprint density at radius 1 is 1.53 bits per heavy atom. The van der Waals surface area contributed by atoms with Gasteiger partial charge in [-0.15, -0.1) is 0 Å². The van der Waals surface area contributed by atoms with Crippen molar-refractivity contribution in [3.63, 3.8) is 0 Å². The predicted octanol–water partition coefficient (Wildman–Crippen LogP) is -0.0528. The number of rotatable bonds is 3. The highest BCUT2D eigenvalue weighted by Gasteiger charge is 2.29. The van der Waals surface area contributed by atoms with Crippen molar-refractivity contribution in [3.05, 3.63) is 0 Å². The molecule has 2 fully saturated rings. The smallest absolute Gasteiger partial charge is 0.237 e. The van der Waals surface area contributed by atoms with Crippen LogP contribution in [0.15, 0.2) is 0 Å². The Hall–Kier alpha value is -0.610. The quantitative estimate of drug-likeness (QED) is 0.688. The van der Waals surface area contributed by atoms with Gasteiger partial charge in [0.1, 0.15) is 0 Å². The lowest BCUT2D eigenvalue weighted by atomic mass is 10.1. The maximum Gasteiger partial charge on any atom is 0.237 e. The van der Waals surface area contributed by atoms with Crippen LogP contribution in [-0.4, -0.2) is 48.6 Å². The molecule has 86 valence electrons. The first-order chi connectivity index (χ1) is 7.16. The number of amides is 1. The molecule has 1 amide bonds. The molecule has 1 heterocycles. The highest BCUT2D eigenvalue weighted by molar-refractivity contribution is 5.81. The molecule has 2 N–H and O–H groups in total. The zero-order valence-corrected chi connectivity index (χ0v) is 9.62. The minimum Gasteiger partial charge on any atom is -0.352 e. The van der Waals surface area contributed by atoms with Crippen LogP contribution in [0.3, 0.4) is 0 Å². The second kappa shape index (κ2) is 4.49. The van der Waals surface area contributed by atoms with Crippen LogP contribution in [0.5, 0.6) is 0 Å². The number of nitrogens with zero attached hydrogens (tertiary/aromatic N) is 1. The molecule has 2 aliphatic rings. The first-order valence-corrected chi connectivity index (χ1v) is 5.94. The molecule has 1 saturated heterocycles. The molecule has 1 aliphatic heterocycles. The number of piperazine rings is 1. The molecule has 0 spiro atoms. The van der Waals surface area contributed by atoms with Gasteiger partial charge < -0.3 is 10.6 Å². The van der Waals surface area contributed by atoms with E-state index in [0.29, 0.717) is 12.1 Å². The first-order valence-electron chi connectivity index (χ1n) is 5.94. The molecule has 4 heteroatoms. The molecular formula is C11H21N3O. The summed E-state index contributed by atoms with van der Waals surface area (Å²) < 4.78 is 0. The Kier molecular flexibility index (Phi) is 3.26. The molecule has 0 aromatic carbocycles. The van der Waals surface area contributed by atoms with Gasteiger partial charge >= 0.3 is 0 Å². The third-order valence-electron chi connectivity index (χ3n) is 3.25. The lowest BCUT2D eigenvalue weighted by Gasteiger charge is -2.35. The van der Waals surface area contributed by atoms with Gasteiger partial charge in [0.25, 0.3) is 0 Å². The van der Waals surface area contributed by atoms with Crippen LogP contribution < -0.4 is 10.6 Å². The van der Waals surface area contributed by atoms with Gasteiger partial charge in [0, 0.05) is 31.7 Å². The zero-order chi connectivity index (χ0) is 10.8. The van der Waals surface area contributed by atoms with Gasteiger partial charge in [0.15, 0.2) is 0 Å². The second-order valence-electron chi connectivity index (χ2n) is 4.81. The fourth-order valence-electron chi connectivity index (χ4n) is 2.03. The lowest BCUT2D eigenvalue weighted by Crippen LogP contribution is -2.56. The van der Waals surface area contributed by atoms with Gasteiger partial charge in [0.2, 0.25) is 5.91 Å². The number of carbonyl (C=O) groups excluding carboxylic acids is 1. The summed E-state index contributed by atoms with van der Waals surface area (Å²) in [5.41, 5.74) is 0. The molecule has 0 aromatic rings. The number of hydrogen-bond acceptors (Lipinski definition) is 3. The minimum absolute atomic E-state index is 0.0233. The summed E-state index contributed by atoms with van der Waals surface area (Å²) in [6, 6.07) is 0.991. The van der Waals surface area contributed by atoms with E-state index in [1.807, 2.05) is 6.92 Å². The van der Waals surface area contributed by atoms with Crippen molar-refractivity contribution < 1.29 is 4.79 Å². The van der Waals surface area contributed by atoms with Crippen molar-refractivity contribution in [2.75, 3.05) is 19.6 Å². The highest BCUT2D eigenvalue weighted by Crippen LogP contribution is 2.19. The fourth-order valence-corrected chi connectivity index (χ4v) is 2.03. The summed E-state index contributed by atoms with van der Waals surface area (Å²) in [7, 11) is 0. The summed E-state index contributed by atoms with van der Waals surface area (Å²) in [6.07, 6.45) is 2.33. The lowest BCUT2D eigenvalue weighted by molar-refractivity contribution is -0.126. The van der Waals surface area contributed by atoms with Gasteiger partial charge in [-0.2, -0.15) is 0 Å². The number of nitrogens with one attached hydrogen (secondary N) is 2. The standard InChI is InChI=1S/C11H21N3O/c1-8-7-14(6-5-12-8)9(2)11(15)13-10-3-4-10/h8-10,12H,3-7H2,1-2H3,(H,13,15). The third kappa shape index (κ3) is 2.92. The zero-order valence-electron chi connectivity index (χ0n) is 9.62. The van der Waals surface area contributed by atoms with Crippen LogP contribution in [0, 0.1) is 0 Å². The summed E-state index contributed by atoms with van der Waals surface area (Å²) in [6.45, 7) is 7.11. The largest absolute Gasteiger partial charge is 0.352 e. The van der Waals surface area contributed by atoms with Crippen LogP contribution in [0.4, 0.5) is 0 Å². The normalized spacial score (nSPS) is 29.9. The monoisotopic (exact) mass is 211 g/mol. The van der Waals surface area contributed by atoms with E-state index in [1.54, 1.807) is 0 Å². The fraction of sp³-hybridized carbons (Fsp3) is 0.909. The van der Waals surface area contributed by atoms with E-state index in [0.717, 1.165) is 32.5 Å². The Bertz CT molecular complexity index is 240. The van der Waals surface area contributed by atoms with Crippen LogP contribution >= 0.6 is 0 Å². The summed E-state index contributed by atoms with van der Waals surface area (Å²) in [5.74, 6) is 0.201. The molecule has 2 unspecified atom stereocenters. The van der Waals surface area contributed by atoms with Crippen LogP contribution in [0.2, 0.25) is 0 Å². The van der Waals surface area contributed by atoms with Crippen LogP contribution in [0.25, 0.3) is 0 Å². The number of hydrogen-bond donors (Lipinski definition) is 2. The van der Waals surface area contributed by atoms with E-state index < -0.39 is 0 Å². The molecule has 1 aliphatic carbocycles. The molecule has 1 saturated carbocycles. The van der Waals surface area contributed by atoms with Crippen LogP contribution in [-0.2, 0) is 4.79 Å². The van der Waals surface area contributed by atoms with Gasteiger partial charge in [-0.1, -0.05) is 0 Å². The van der Waals surface area contributed by atoms with E-state index in [-0.39, 0.29) is 11.9 Å². The van der Waals surface area contributed by atoms with Gasteiger partial charge in [-0.05, 0) is 26.7 Å². The van der Waals surface area contributed by atoms with Crippen molar-refractivity contribution in [2.24, 2.45) is 0 Å². The summed E-state index contributed by atoms with van der Waals surface area (Å²) in [4.78, 5) is 14.1. The Labute approximate surface area is 91.4 Å². The van der Waals surface area contributed by atoms with Crippen molar-refractivity contribution in [1.29, 1.82) is 0 Å². The van der Waals surface area contributed by atoms with Crippen molar-refractivity contribution in [1.82, 2.24) is 15.5 Å². The summed E-state index contributed by atoms with van der Waals surface area (Å²) >= 11 is 0. The molecule has 2 rings (SSSR count). The van der Waals surface area contributed by atoms with Crippen LogP contribution in [0.1, 0.15) is 26.7 Å². The molecule has 2 atom stereocenters. The number of carbonyl (C=O) groups is 1. The van der Waals surface area contributed by atoms with E-state index in [1.165, 1.54) is 0 Å². The SMILES string of the molecule is CC1CN(C(C)C(=O)NC2CC2)CCN1. The summed E-state index contributed by atoms with van der Waals surface area (Å²) in [5, 5.41) is 6.45. The van der Waals surface area contributed by atoms with E-state index in [9.17, 15) is 4.79 Å². The molecule has 4 nitrogen and oxygen atoms in total. The molecule has 0 aromatic heterocycles. The van der Waals surface area contributed by atoms with E-state index in [2.05, 4.69) is 22.5 Å². The van der Waals surface area contributed by atoms with Crippen molar-refractivity contribution in [2.45, 2.75) is 44.8 Å². The average Bonchev–Trinajstić information content (AvgIpc) is 3.00. The maximum atomic E-state index is 11.8. The second-order valence-corrected chi connectivity index (χ2v) is 4.81. The molecule has 15 heavy (non-hydrogen) atoms. The van der Waals surface area contributed by atoms with Gasteiger partial charge in [-0.25, -0.2) is 0 Å². The van der Waals surface area contributed by atoms with Crippen molar-refractivity contribution in [3.8, 4) is 0 Å². The molecular weight excluding hydrogens is 190 g/mol. The highest BCUT2D eigenvalue weighted by atomic mass is 16.2. The van der Waals surface area contributed by atoms with Gasteiger partial charge in [-0.3, -0.25) is 9.69 Å². The van der Waals surface area contributed by atoms with Gasteiger partial charge in [0.05, 0.1) is 6.04 Å².